The quantitative estimate of drug-likeness (QED) is 0.632. The van der Waals surface area contributed by atoms with Crippen molar-refractivity contribution in [1.29, 1.82) is 0 Å². The normalized spacial score (nSPS) is 16.6. The number of nitrogens with zero attached hydrogens (tertiary/aromatic N) is 3. The topological polar surface area (TPSA) is 76.5 Å². The summed E-state index contributed by atoms with van der Waals surface area (Å²) in [5.74, 6) is -0.780. The summed E-state index contributed by atoms with van der Waals surface area (Å²) in [5, 5.41) is 6.53. The molecule has 13 heteroatoms. The number of carbonyl (C=O) groups is 2. The Kier molecular flexibility index (Phi) is 7.13. The van der Waals surface area contributed by atoms with Crippen LogP contribution in [0.1, 0.15) is 35.4 Å². The van der Waals surface area contributed by atoms with Crippen molar-refractivity contribution < 1.29 is 40.7 Å². The highest BCUT2D eigenvalue weighted by molar-refractivity contribution is 5.86. The van der Waals surface area contributed by atoms with Gasteiger partial charge in [0.25, 0.3) is 0 Å². The molecule has 1 N–H and O–H groups in total. The van der Waals surface area contributed by atoms with Gasteiger partial charge >= 0.3 is 18.4 Å². The Hall–Kier alpha value is -3.25. The van der Waals surface area contributed by atoms with Crippen molar-refractivity contribution in [2.75, 3.05) is 13.2 Å². The third-order valence-electron chi connectivity index (χ3n) is 5.26. The first-order valence-corrected chi connectivity index (χ1v) is 10.3. The first kappa shape index (κ1) is 25.4. The molecule has 2 amide bonds. The lowest BCUT2D eigenvalue weighted by Crippen LogP contribution is -2.46. The summed E-state index contributed by atoms with van der Waals surface area (Å²) in [6.45, 7) is 1.12. The van der Waals surface area contributed by atoms with Crippen LogP contribution in [0.3, 0.4) is 0 Å². The van der Waals surface area contributed by atoms with E-state index >= 15 is 0 Å². The number of alkyl halides is 6. The fourth-order valence-corrected chi connectivity index (χ4v) is 3.79. The molecule has 0 spiro atoms. The van der Waals surface area contributed by atoms with Gasteiger partial charge in [0.1, 0.15) is 6.04 Å². The van der Waals surface area contributed by atoms with Crippen LogP contribution in [0, 0.1) is 13.8 Å². The largest absolute Gasteiger partial charge is 0.440 e. The van der Waals surface area contributed by atoms with E-state index in [1.54, 1.807) is 19.9 Å². The SMILES string of the molecule is Cc1cc(C)n(-c2ccc(CNC(=O)C3CCCN3C(=O)OCC(F)(F)F)c(C(F)(F)F)c2)n1. The van der Waals surface area contributed by atoms with Gasteiger partial charge in [-0.3, -0.25) is 9.69 Å². The first-order valence-electron chi connectivity index (χ1n) is 10.3. The second kappa shape index (κ2) is 9.55. The van der Waals surface area contributed by atoms with E-state index < -0.39 is 49.1 Å². The Balaban J connectivity index is 1.73. The average molecular weight is 492 g/mol. The van der Waals surface area contributed by atoms with Crippen LogP contribution in [-0.2, 0) is 22.3 Å². The molecule has 3 rings (SSSR count). The van der Waals surface area contributed by atoms with Gasteiger partial charge in [-0.2, -0.15) is 31.4 Å². The molecule has 2 heterocycles. The molecule has 7 nitrogen and oxygen atoms in total. The number of benzene rings is 1. The third-order valence-corrected chi connectivity index (χ3v) is 5.26. The fourth-order valence-electron chi connectivity index (χ4n) is 3.79. The highest BCUT2D eigenvalue weighted by atomic mass is 19.4. The Bertz CT molecular complexity index is 1060. The first-order chi connectivity index (χ1) is 15.8. The van der Waals surface area contributed by atoms with Gasteiger partial charge in [0.15, 0.2) is 6.61 Å². The van der Waals surface area contributed by atoms with Crippen LogP contribution in [0.25, 0.3) is 5.69 Å². The molecule has 1 atom stereocenters. The predicted octanol–water partition coefficient (Wildman–Crippen LogP) is 4.29. The monoisotopic (exact) mass is 492 g/mol. The zero-order valence-electron chi connectivity index (χ0n) is 18.3. The molecule has 186 valence electrons. The summed E-state index contributed by atoms with van der Waals surface area (Å²) in [7, 11) is 0. The lowest BCUT2D eigenvalue weighted by molar-refractivity contribution is -0.162. The van der Waals surface area contributed by atoms with Crippen molar-refractivity contribution in [2.24, 2.45) is 0 Å². The fraction of sp³-hybridized carbons (Fsp3) is 0.476. The van der Waals surface area contributed by atoms with Gasteiger partial charge in [-0.1, -0.05) is 6.07 Å². The van der Waals surface area contributed by atoms with Crippen LogP contribution in [0.4, 0.5) is 31.1 Å². The number of hydrogen-bond donors (Lipinski definition) is 1. The molecule has 0 bridgehead atoms. The minimum absolute atomic E-state index is 0.0000860. The number of amides is 2. The highest BCUT2D eigenvalue weighted by Gasteiger charge is 2.38. The van der Waals surface area contributed by atoms with E-state index in [0.717, 1.165) is 11.0 Å². The molecule has 1 aliphatic rings. The van der Waals surface area contributed by atoms with Crippen molar-refractivity contribution in [3.8, 4) is 5.69 Å². The van der Waals surface area contributed by atoms with Crippen molar-refractivity contribution >= 4 is 12.0 Å². The van der Waals surface area contributed by atoms with E-state index in [-0.39, 0.29) is 24.2 Å². The van der Waals surface area contributed by atoms with E-state index in [1.807, 2.05) is 0 Å². The number of hydrogen-bond acceptors (Lipinski definition) is 4. The number of carbonyl (C=O) groups excluding carboxylic acids is 2. The molecule has 0 aliphatic carbocycles. The van der Waals surface area contributed by atoms with E-state index in [0.29, 0.717) is 17.8 Å². The van der Waals surface area contributed by atoms with Gasteiger partial charge in [-0.15, -0.1) is 0 Å². The smallest absolute Gasteiger partial charge is 0.422 e. The molecule has 2 aromatic rings. The number of aromatic nitrogens is 2. The molecule has 0 radical (unpaired) electrons. The van der Waals surface area contributed by atoms with Crippen LogP contribution in [0.2, 0.25) is 0 Å². The van der Waals surface area contributed by atoms with E-state index in [2.05, 4.69) is 15.2 Å². The maximum absolute atomic E-state index is 13.7. The molecule has 1 saturated heterocycles. The third kappa shape index (κ3) is 6.00. The second-order valence-electron chi connectivity index (χ2n) is 7.92. The van der Waals surface area contributed by atoms with Crippen LogP contribution in [0.15, 0.2) is 24.3 Å². The molecular weight excluding hydrogens is 470 g/mol. The minimum Gasteiger partial charge on any atom is -0.440 e. The molecule has 1 aliphatic heterocycles. The summed E-state index contributed by atoms with van der Waals surface area (Å²) < 4.78 is 83.6. The summed E-state index contributed by atoms with van der Waals surface area (Å²) in [6, 6.07) is 4.17. The summed E-state index contributed by atoms with van der Waals surface area (Å²) in [5.41, 5.74) is 0.297. The molecular formula is C21H22F6N4O3. The molecule has 0 saturated carbocycles. The number of ether oxygens (including phenoxy) is 1. The molecule has 1 aromatic heterocycles. The van der Waals surface area contributed by atoms with E-state index in [4.69, 9.17) is 0 Å². The number of halogens is 6. The molecule has 1 aromatic carbocycles. The van der Waals surface area contributed by atoms with Crippen molar-refractivity contribution in [3.63, 3.8) is 0 Å². The number of likely N-dealkylation sites (tertiary alicyclic amines) is 1. The zero-order chi connectivity index (χ0) is 25.3. The van der Waals surface area contributed by atoms with Crippen LogP contribution in [-0.4, -0.2) is 52.1 Å². The number of nitrogens with one attached hydrogen (secondary N) is 1. The van der Waals surface area contributed by atoms with Crippen LogP contribution >= 0.6 is 0 Å². The number of aryl methyl sites for hydroxylation is 2. The lowest BCUT2D eigenvalue weighted by atomic mass is 10.1. The second-order valence-corrected chi connectivity index (χ2v) is 7.92. The van der Waals surface area contributed by atoms with Crippen molar-refractivity contribution in [3.05, 3.63) is 46.8 Å². The maximum Gasteiger partial charge on any atom is 0.422 e. The van der Waals surface area contributed by atoms with Gasteiger partial charge in [-0.25, -0.2) is 9.48 Å². The summed E-state index contributed by atoms with van der Waals surface area (Å²) >= 11 is 0. The van der Waals surface area contributed by atoms with Gasteiger partial charge in [0.2, 0.25) is 5.91 Å². The summed E-state index contributed by atoms with van der Waals surface area (Å²) in [4.78, 5) is 25.3. The van der Waals surface area contributed by atoms with Crippen LogP contribution < -0.4 is 5.32 Å². The molecule has 1 fully saturated rings. The van der Waals surface area contributed by atoms with Gasteiger partial charge in [-0.05, 0) is 50.5 Å². The minimum atomic E-state index is -4.72. The van der Waals surface area contributed by atoms with Crippen molar-refractivity contribution in [2.45, 2.75) is 51.6 Å². The Labute approximate surface area is 190 Å². The summed E-state index contributed by atoms with van der Waals surface area (Å²) in [6.07, 6.45) is -10.3. The van der Waals surface area contributed by atoms with Gasteiger partial charge in [0, 0.05) is 18.8 Å². The van der Waals surface area contributed by atoms with E-state index in [9.17, 15) is 35.9 Å². The zero-order valence-corrected chi connectivity index (χ0v) is 18.3. The average Bonchev–Trinajstić information content (AvgIpc) is 3.35. The number of rotatable bonds is 5. The maximum atomic E-state index is 13.7. The van der Waals surface area contributed by atoms with E-state index in [1.165, 1.54) is 16.8 Å². The Morgan fingerprint density at radius 3 is 2.44 bits per heavy atom. The lowest BCUT2D eigenvalue weighted by Gasteiger charge is -2.24. The molecule has 34 heavy (non-hydrogen) atoms. The Morgan fingerprint density at radius 1 is 1.15 bits per heavy atom. The Morgan fingerprint density at radius 2 is 1.85 bits per heavy atom. The standard InChI is InChI=1S/C21H22F6N4O3/c1-12-8-13(2)31(29-12)15-6-5-14(16(9-15)21(25,26)27)10-28-18(32)17-4-3-7-30(17)19(33)34-11-20(22,23)24/h5-6,8-9,17H,3-4,7,10-11H2,1-2H3,(H,28,32). The van der Waals surface area contributed by atoms with Crippen LogP contribution in [0.5, 0.6) is 0 Å². The van der Waals surface area contributed by atoms with Gasteiger partial charge < -0.3 is 10.1 Å². The van der Waals surface area contributed by atoms with Crippen molar-refractivity contribution in [1.82, 2.24) is 20.0 Å². The predicted molar refractivity (Wildman–Crippen MR) is 107 cm³/mol. The van der Waals surface area contributed by atoms with Gasteiger partial charge in [0.05, 0.1) is 16.9 Å². The highest BCUT2D eigenvalue weighted by Crippen LogP contribution is 2.34. The molecule has 1 unspecified atom stereocenters.